The Morgan fingerprint density at radius 2 is 2.06 bits per heavy atom. The van der Waals surface area contributed by atoms with Crippen LogP contribution in [-0.2, 0) is 4.79 Å². The van der Waals surface area contributed by atoms with Gasteiger partial charge >= 0.3 is 0 Å². The predicted molar refractivity (Wildman–Crippen MR) is 57.5 cm³/mol. The first kappa shape index (κ1) is 12.0. The Balaban J connectivity index is 2.26. The van der Waals surface area contributed by atoms with Gasteiger partial charge in [-0.2, -0.15) is 0 Å². The van der Waals surface area contributed by atoms with Crippen molar-refractivity contribution in [2.75, 3.05) is 6.54 Å². The van der Waals surface area contributed by atoms with Gasteiger partial charge in [-0.05, 0) is 33.1 Å². The van der Waals surface area contributed by atoms with Crippen molar-refractivity contribution >= 4 is 5.78 Å². The minimum Gasteiger partial charge on any atom is -0.298 e. The molecule has 92 valence electrons. The number of hydrogen-bond donors (Lipinski definition) is 0. The molecule has 16 heavy (non-hydrogen) atoms. The number of Topliss-reactive ketones (excluding diaryl/α,β-unsaturated/α-hetero) is 1. The minimum atomic E-state index is -2.57. The SMILES string of the molecule is CC(=O)C1[C@H]2CCC(F)(F)[C@H]2CN1C(C)C. The second-order valence-corrected chi connectivity index (χ2v) is 5.42. The van der Waals surface area contributed by atoms with Crippen molar-refractivity contribution in [1.29, 1.82) is 0 Å². The molecule has 2 rings (SSSR count). The van der Waals surface area contributed by atoms with E-state index in [4.69, 9.17) is 0 Å². The second-order valence-electron chi connectivity index (χ2n) is 5.42. The van der Waals surface area contributed by atoms with Crippen molar-refractivity contribution in [3.8, 4) is 0 Å². The third-order valence-electron chi connectivity index (χ3n) is 4.12. The number of likely N-dealkylation sites (tertiary alicyclic amines) is 1. The van der Waals surface area contributed by atoms with Crippen LogP contribution in [0.3, 0.4) is 0 Å². The monoisotopic (exact) mass is 231 g/mol. The maximum atomic E-state index is 13.6. The highest BCUT2D eigenvalue weighted by Crippen LogP contribution is 2.51. The van der Waals surface area contributed by atoms with Gasteiger partial charge in [-0.1, -0.05) is 0 Å². The van der Waals surface area contributed by atoms with E-state index in [-0.39, 0.29) is 30.2 Å². The lowest BCUT2D eigenvalue weighted by atomic mass is 9.91. The van der Waals surface area contributed by atoms with Gasteiger partial charge in [-0.25, -0.2) is 8.78 Å². The summed E-state index contributed by atoms with van der Waals surface area (Å²) in [6.07, 6.45) is 0.448. The van der Waals surface area contributed by atoms with Crippen LogP contribution in [0, 0.1) is 11.8 Å². The lowest BCUT2D eigenvalue weighted by Gasteiger charge is -2.29. The van der Waals surface area contributed by atoms with Gasteiger partial charge in [0.15, 0.2) is 0 Å². The van der Waals surface area contributed by atoms with E-state index in [2.05, 4.69) is 0 Å². The van der Waals surface area contributed by atoms with Crippen LogP contribution >= 0.6 is 0 Å². The number of hydrogen-bond acceptors (Lipinski definition) is 2. The Kier molecular flexibility index (Phi) is 2.81. The van der Waals surface area contributed by atoms with E-state index < -0.39 is 11.8 Å². The Morgan fingerprint density at radius 1 is 1.44 bits per heavy atom. The number of nitrogens with zero attached hydrogens (tertiary/aromatic N) is 1. The normalized spacial score (nSPS) is 38.0. The average Bonchev–Trinajstić information content (AvgIpc) is 2.64. The van der Waals surface area contributed by atoms with Crippen molar-refractivity contribution in [2.24, 2.45) is 11.8 Å². The highest BCUT2D eigenvalue weighted by Gasteiger charge is 2.59. The molecule has 0 N–H and O–H groups in total. The number of rotatable bonds is 2. The highest BCUT2D eigenvalue weighted by molar-refractivity contribution is 5.82. The van der Waals surface area contributed by atoms with Gasteiger partial charge in [0.2, 0.25) is 0 Å². The molecule has 0 aromatic rings. The van der Waals surface area contributed by atoms with Crippen LogP contribution in [0.1, 0.15) is 33.6 Å². The minimum absolute atomic E-state index is 0.0406. The molecule has 3 atom stereocenters. The molecule has 0 bridgehead atoms. The summed E-state index contributed by atoms with van der Waals surface area (Å²) in [4.78, 5) is 13.6. The fourth-order valence-electron chi connectivity index (χ4n) is 3.36. The molecule has 2 nitrogen and oxygen atoms in total. The molecule has 1 aliphatic heterocycles. The molecule has 1 heterocycles. The Hall–Kier alpha value is -0.510. The lowest BCUT2D eigenvalue weighted by Crippen LogP contribution is -2.42. The number of alkyl halides is 2. The predicted octanol–water partition coefficient (Wildman–Crippen LogP) is 2.33. The third kappa shape index (κ3) is 1.67. The van der Waals surface area contributed by atoms with Crippen molar-refractivity contribution in [2.45, 2.75) is 51.6 Å². The quantitative estimate of drug-likeness (QED) is 0.727. The largest absolute Gasteiger partial charge is 0.298 e. The summed E-state index contributed by atoms with van der Waals surface area (Å²) in [6.45, 7) is 5.84. The van der Waals surface area contributed by atoms with Gasteiger partial charge in [-0.15, -0.1) is 0 Å². The fraction of sp³-hybridized carbons (Fsp3) is 0.917. The van der Waals surface area contributed by atoms with Gasteiger partial charge in [-0.3, -0.25) is 9.69 Å². The van der Waals surface area contributed by atoms with Gasteiger partial charge in [0, 0.05) is 24.9 Å². The molecule has 0 aromatic carbocycles. The lowest BCUT2D eigenvalue weighted by molar-refractivity contribution is -0.122. The molecule has 1 saturated carbocycles. The third-order valence-corrected chi connectivity index (χ3v) is 4.12. The van der Waals surface area contributed by atoms with Gasteiger partial charge in [0.1, 0.15) is 5.78 Å². The molecule has 0 amide bonds. The number of ketones is 1. The number of fused-ring (bicyclic) bond motifs is 1. The fourth-order valence-corrected chi connectivity index (χ4v) is 3.36. The highest BCUT2D eigenvalue weighted by atomic mass is 19.3. The van der Waals surface area contributed by atoms with Crippen molar-refractivity contribution in [3.63, 3.8) is 0 Å². The van der Waals surface area contributed by atoms with Crippen LogP contribution in [0.15, 0.2) is 0 Å². The van der Waals surface area contributed by atoms with E-state index in [0.717, 1.165) is 0 Å². The van der Waals surface area contributed by atoms with Crippen molar-refractivity contribution < 1.29 is 13.6 Å². The van der Waals surface area contributed by atoms with E-state index in [1.54, 1.807) is 0 Å². The number of halogens is 2. The second kappa shape index (κ2) is 3.76. The van der Waals surface area contributed by atoms with Crippen LogP contribution < -0.4 is 0 Å². The van der Waals surface area contributed by atoms with E-state index in [0.29, 0.717) is 13.0 Å². The number of carbonyl (C=O) groups is 1. The average molecular weight is 231 g/mol. The van der Waals surface area contributed by atoms with E-state index in [9.17, 15) is 13.6 Å². The van der Waals surface area contributed by atoms with Gasteiger partial charge in [0.25, 0.3) is 5.92 Å². The maximum absolute atomic E-state index is 13.6. The standard InChI is InChI=1S/C12H19F2NO/c1-7(2)15-6-10-9(11(15)8(3)16)4-5-12(10,13)14/h7,9-11H,4-6H2,1-3H3/t9-,10-,11?/m0/s1. The van der Waals surface area contributed by atoms with Crippen LogP contribution in [0.2, 0.25) is 0 Å². The molecule has 1 saturated heterocycles. The van der Waals surface area contributed by atoms with Crippen molar-refractivity contribution in [3.05, 3.63) is 0 Å². The van der Waals surface area contributed by atoms with Crippen LogP contribution in [0.25, 0.3) is 0 Å². The molecule has 4 heteroatoms. The number of carbonyl (C=O) groups excluding carboxylic acids is 1. The van der Waals surface area contributed by atoms with E-state index in [1.807, 2.05) is 18.7 Å². The summed E-state index contributed by atoms with van der Waals surface area (Å²) < 4.78 is 27.3. The molecule has 0 aromatic heterocycles. The van der Waals surface area contributed by atoms with Gasteiger partial charge < -0.3 is 0 Å². The summed E-state index contributed by atoms with van der Waals surface area (Å²) in [7, 11) is 0. The summed E-state index contributed by atoms with van der Waals surface area (Å²) in [5.41, 5.74) is 0. The molecular weight excluding hydrogens is 212 g/mol. The topological polar surface area (TPSA) is 20.3 Å². The van der Waals surface area contributed by atoms with E-state index in [1.165, 1.54) is 6.92 Å². The van der Waals surface area contributed by atoms with E-state index >= 15 is 0 Å². The zero-order valence-corrected chi connectivity index (χ0v) is 10.0. The summed E-state index contributed by atoms with van der Waals surface area (Å²) in [6, 6.07) is -0.117. The van der Waals surface area contributed by atoms with Crippen LogP contribution in [-0.4, -0.2) is 35.2 Å². The summed E-state index contributed by atoms with van der Waals surface area (Å²) in [5.74, 6) is -3.26. The summed E-state index contributed by atoms with van der Waals surface area (Å²) in [5, 5.41) is 0. The smallest absolute Gasteiger partial charge is 0.252 e. The first-order chi connectivity index (χ1) is 7.34. The molecular formula is C12H19F2NO. The zero-order chi connectivity index (χ0) is 12.1. The molecule has 1 aliphatic carbocycles. The first-order valence-electron chi connectivity index (χ1n) is 5.98. The zero-order valence-electron chi connectivity index (χ0n) is 10.0. The Morgan fingerprint density at radius 3 is 2.56 bits per heavy atom. The molecule has 1 unspecified atom stereocenters. The Labute approximate surface area is 95.0 Å². The Bertz CT molecular complexity index is 303. The van der Waals surface area contributed by atoms with Crippen molar-refractivity contribution in [1.82, 2.24) is 4.90 Å². The molecule has 2 fully saturated rings. The summed E-state index contributed by atoms with van der Waals surface area (Å²) >= 11 is 0. The first-order valence-corrected chi connectivity index (χ1v) is 5.98. The molecule has 2 aliphatic rings. The molecule has 0 radical (unpaired) electrons. The maximum Gasteiger partial charge on any atom is 0.252 e. The molecule has 0 spiro atoms. The van der Waals surface area contributed by atoms with Gasteiger partial charge in [0.05, 0.1) is 6.04 Å². The van der Waals surface area contributed by atoms with Crippen LogP contribution in [0.4, 0.5) is 8.78 Å². The van der Waals surface area contributed by atoms with Crippen LogP contribution in [0.5, 0.6) is 0 Å².